The van der Waals surface area contributed by atoms with Gasteiger partial charge in [0.1, 0.15) is 10.8 Å². The molecule has 0 aromatic carbocycles. The average molecular weight is 436 g/mol. The Kier molecular flexibility index (Phi) is 6.06. The zero-order chi connectivity index (χ0) is 21.3. The van der Waals surface area contributed by atoms with E-state index in [-0.39, 0.29) is 18.4 Å². The third-order valence-electron chi connectivity index (χ3n) is 5.41. The number of hydrogen-bond donors (Lipinski definition) is 1. The zero-order valence-electron chi connectivity index (χ0n) is 17.9. The Morgan fingerprint density at radius 1 is 1.30 bits per heavy atom. The number of halogens is 1. The second-order valence-corrected chi connectivity index (χ2v) is 9.43. The van der Waals surface area contributed by atoms with Gasteiger partial charge in [-0.1, -0.05) is 11.6 Å². The summed E-state index contributed by atoms with van der Waals surface area (Å²) in [6.45, 7) is 7.87. The van der Waals surface area contributed by atoms with E-state index in [1.54, 1.807) is 6.20 Å². The Morgan fingerprint density at radius 2 is 2.13 bits per heavy atom. The molecule has 1 amide bonds. The van der Waals surface area contributed by atoms with Crippen LogP contribution in [-0.4, -0.2) is 52.2 Å². The first-order valence-electron chi connectivity index (χ1n) is 10.7. The molecule has 2 aromatic rings. The third-order valence-corrected chi connectivity index (χ3v) is 5.62. The lowest BCUT2D eigenvalue weighted by molar-refractivity contribution is -0.0365. The summed E-state index contributed by atoms with van der Waals surface area (Å²) in [6, 6.07) is 1.85. The maximum atomic E-state index is 12.2. The Bertz CT molecular complexity index is 904. The van der Waals surface area contributed by atoms with Gasteiger partial charge in [0.2, 0.25) is 0 Å². The summed E-state index contributed by atoms with van der Waals surface area (Å²) < 4.78 is 13.3. The summed E-state index contributed by atoms with van der Waals surface area (Å²) >= 11 is 6.19. The molecule has 4 heterocycles. The Labute approximate surface area is 181 Å². The molecule has 4 rings (SSSR count). The van der Waals surface area contributed by atoms with Crippen molar-refractivity contribution in [3.63, 3.8) is 0 Å². The SMILES string of the molecule is CC(C)(C)OC(=O)NC1CCCN(c2nn(C3CCCCO3)c3cc(Cl)ncc23)C1. The molecule has 0 aliphatic carbocycles. The largest absolute Gasteiger partial charge is 0.444 e. The monoisotopic (exact) mass is 435 g/mol. The predicted molar refractivity (Wildman–Crippen MR) is 116 cm³/mol. The van der Waals surface area contributed by atoms with Crippen molar-refractivity contribution in [3.05, 3.63) is 17.4 Å². The molecule has 2 atom stereocenters. The molecule has 0 radical (unpaired) electrons. The minimum absolute atomic E-state index is 0.00000931. The van der Waals surface area contributed by atoms with Gasteiger partial charge >= 0.3 is 6.09 Å². The maximum Gasteiger partial charge on any atom is 0.407 e. The van der Waals surface area contributed by atoms with Gasteiger partial charge in [-0.25, -0.2) is 14.5 Å². The number of nitrogens with one attached hydrogen (secondary N) is 1. The molecule has 30 heavy (non-hydrogen) atoms. The average Bonchev–Trinajstić information content (AvgIpc) is 3.06. The number of aromatic nitrogens is 3. The van der Waals surface area contributed by atoms with Crippen LogP contribution in [0.2, 0.25) is 5.15 Å². The van der Waals surface area contributed by atoms with E-state index in [2.05, 4.69) is 15.2 Å². The summed E-state index contributed by atoms with van der Waals surface area (Å²) in [7, 11) is 0. The van der Waals surface area contributed by atoms with Crippen LogP contribution in [0, 0.1) is 0 Å². The topological polar surface area (TPSA) is 81.5 Å². The molecular weight excluding hydrogens is 406 g/mol. The number of carbonyl (C=O) groups is 1. The van der Waals surface area contributed by atoms with E-state index in [9.17, 15) is 4.79 Å². The van der Waals surface area contributed by atoms with Crippen LogP contribution < -0.4 is 10.2 Å². The van der Waals surface area contributed by atoms with Crippen molar-refractivity contribution in [3.8, 4) is 0 Å². The lowest BCUT2D eigenvalue weighted by Gasteiger charge is -2.34. The number of pyridine rings is 1. The van der Waals surface area contributed by atoms with Crippen molar-refractivity contribution >= 4 is 34.4 Å². The Hall–Kier alpha value is -2.06. The van der Waals surface area contributed by atoms with Crippen LogP contribution in [0.1, 0.15) is 59.1 Å². The van der Waals surface area contributed by atoms with E-state index in [1.165, 1.54) is 0 Å². The van der Waals surface area contributed by atoms with Crippen molar-refractivity contribution in [2.75, 3.05) is 24.6 Å². The molecule has 0 spiro atoms. The number of piperidine rings is 1. The summed E-state index contributed by atoms with van der Waals surface area (Å²) in [5.41, 5.74) is 0.414. The normalized spacial score (nSPS) is 22.9. The molecular formula is C21H30ClN5O3. The van der Waals surface area contributed by atoms with Gasteiger partial charge in [-0.3, -0.25) is 0 Å². The Balaban J connectivity index is 1.57. The van der Waals surface area contributed by atoms with Crippen molar-refractivity contribution < 1.29 is 14.3 Å². The number of nitrogens with zero attached hydrogens (tertiary/aromatic N) is 4. The first kappa shape index (κ1) is 21.2. The Morgan fingerprint density at radius 3 is 2.87 bits per heavy atom. The van der Waals surface area contributed by atoms with Crippen LogP contribution >= 0.6 is 11.6 Å². The highest BCUT2D eigenvalue weighted by Crippen LogP contribution is 2.33. The van der Waals surface area contributed by atoms with Gasteiger partial charge in [-0.05, 0) is 52.9 Å². The lowest BCUT2D eigenvalue weighted by atomic mass is 10.1. The number of fused-ring (bicyclic) bond motifs is 1. The maximum absolute atomic E-state index is 12.2. The minimum Gasteiger partial charge on any atom is -0.444 e. The number of rotatable bonds is 3. The van der Waals surface area contributed by atoms with Crippen LogP contribution in [0.15, 0.2) is 12.3 Å². The zero-order valence-corrected chi connectivity index (χ0v) is 18.6. The molecule has 8 nitrogen and oxygen atoms in total. The standard InChI is InChI=1S/C21H30ClN5O3/c1-21(2,3)30-20(28)24-14-7-6-9-26(13-14)19-15-12-23-17(22)11-16(15)27(25-19)18-8-4-5-10-29-18/h11-12,14,18H,4-10,13H2,1-3H3,(H,24,28). The molecule has 1 N–H and O–H groups in total. The van der Waals surface area contributed by atoms with Crippen LogP contribution in [0.4, 0.5) is 10.6 Å². The van der Waals surface area contributed by atoms with Crippen molar-refractivity contribution in [2.24, 2.45) is 0 Å². The van der Waals surface area contributed by atoms with E-state index < -0.39 is 5.60 Å². The van der Waals surface area contributed by atoms with E-state index in [1.807, 2.05) is 31.5 Å². The number of hydrogen-bond acceptors (Lipinski definition) is 6. The van der Waals surface area contributed by atoms with Gasteiger partial charge in [-0.2, -0.15) is 5.10 Å². The van der Waals surface area contributed by atoms with Gasteiger partial charge in [0.15, 0.2) is 12.0 Å². The smallest absolute Gasteiger partial charge is 0.407 e. The first-order valence-corrected chi connectivity index (χ1v) is 11.1. The summed E-state index contributed by atoms with van der Waals surface area (Å²) in [6.07, 6.45) is 6.30. The molecule has 2 unspecified atom stereocenters. The van der Waals surface area contributed by atoms with Crippen molar-refractivity contribution in [1.29, 1.82) is 0 Å². The fourth-order valence-corrected chi connectivity index (χ4v) is 4.28. The molecule has 2 aliphatic rings. The molecule has 2 aliphatic heterocycles. The fraction of sp³-hybridized carbons (Fsp3) is 0.667. The van der Waals surface area contributed by atoms with Gasteiger partial charge in [0, 0.05) is 38.0 Å². The van der Waals surface area contributed by atoms with E-state index in [4.69, 9.17) is 26.2 Å². The van der Waals surface area contributed by atoms with E-state index in [0.29, 0.717) is 11.7 Å². The number of carbonyl (C=O) groups excluding carboxylic acids is 1. The summed E-state index contributed by atoms with van der Waals surface area (Å²) in [4.78, 5) is 18.7. The number of amides is 1. The van der Waals surface area contributed by atoms with Crippen LogP contribution in [0.25, 0.3) is 10.9 Å². The quantitative estimate of drug-likeness (QED) is 0.725. The van der Waals surface area contributed by atoms with Crippen LogP contribution in [0.3, 0.4) is 0 Å². The molecule has 164 valence electrons. The molecule has 0 saturated carbocycles. The second kappa shape index (κ2) is 8.59. The van der Waals surface area contributed by atoms with Gasteiger partial charge in [-0.15, -0.1) is 0 Å². The lowest BCUT2D eigenvalue weighted by Crippen LogP contribution is -2.49. The first-order chi connectivity index (χ1) is 14.3. The second-order valence-electron chi connectivity index (χ2n) is 9.04. The number of alkyl carbamates (subject to hydrolysis) is 1. The molecule has 2 saturated heterocycles. The van der Waals surface area contributed by atoms with Crippen LogP contribution in [0.5, 0.6) is 0 Å². The fourth-order valence-electron chi connectivity index (χ4n) is 4.12. The number of anilines is 1. The van der Waals surface area contributed by atoms with E-state index >= 15 is 0 Å². The van der Waals surface area contributed by atoms with Gasteiger partial charge in [0.25, 0.3) is 0 Å². The van der Waals surface area contributed by atoms with Crippen molar-refractivity contribution in [1.82, 2.24) is 20.1 Å². The highest BCUT2D eigenvalue weighted by Gasteiger charge is 2.29. The molecule has 0 bridgehead atoms. The minimum atomic E-state index is -0.516. The van der Waals surface area contributed by atoms with Crippen LogP contribution in [-0.2, 0) is 9.47 Å². The van der Waals surface area contributed by atoms with E-state index in [0.717, 1.165) is 62.0 Å². The molecule has 9 heteroatoms. The summed E-state index contributed by atoms with van der Waals surface area (Å²) in [5.74, 6) is 0.860. The third kappa shape index (κ3) is 4.81. The predicted octanol–water partition coefficient (Wildman–Crippen LogP) is 4.28. The highest BCUT2D eigenvalue weighted by atomic mass is 35.5. The van der Waals surface area contributed by atoms with Gasteiger partial charge in [0.05, 0.1) is 10.9 Å². The highest BCUT2D eigenvalue weighted by molar-refractivity contribution is 6.30. The van der Waals surface area contributed by atoms with Gasteiger partial charge < -0.3 is 19.7 Å². The molecule has 2 aromatic heterocycles. The molecule has 2 fully saturated rings. The summed E-state index contributed by atoms with van der Waals surface area (Å²) in [5, 5.41) is 9.32. The number of ether oxygens (including phenoxy) is 2. The van der Waals surface area contributed by atoms with Crippen molar-refractivity contribution in [2.45, 2.75) is 70.7 Å².